The van der Waals surface area contributed by atoms with Gasteiger partial charge in [-0.15, -0.1) is 6.42 Å². The number of rotatable bonds is 10. The summed E-state index contributed by atoms with van der Waals surface area (Å²) in [5.74, 6) is -0.613. The van der Waals surface area contributed by atoms with E-state index in [1.54, 1.807) is 7.11 Å². The van der Waals surface area contributed by atoms with Crippen molar-refractivity contribution in [1.29, 1.82) is 0 Å². The lowest BCUT2D eigenvalue weighted by atomic mass is 9.77. The molecule has 0 bridgehead atoms. The summed E-state index contributed by atoms with van der Waals surface area (Å²) in [6.45, 7) is 2.45. The molecule has 10 nitrogen and oxygen atoms in total. The Hall–Kier alpha value is -5.02. The maximum Gasteiger partial charge on any atom is 0.247 e. The lowest BCUT2D eigenvalue weighted by molar-refractivity contribution is -0.192. The highest BCUT2D eigenvalue weighted by molar-refractivity contribution is 5.78. The lowest BCUT2D eigenvalue weighted by Gasteiger charge is -2.37. The molecule has 4 atom stereocenters. The maximum absolute atomic E-state index is 15.6. The van der Waals surface area contributed by atoms with E-state index in [4.69, 9.17) is 30.6 Å². The minimum absolute atomic E-state index is 0.144. The topological polar surface area (TPSA) is 124 Å². The van der Waals surface area contributed by atoms with Gasteiger partial charge in [0.05, 0.1) is 26.0 Å². The minimum atomic E-state index is -2.61. The Kier molecular flexibility index (Phi) is 8.12. The number of methoxy groups -OCH3 is 1. The summed E-state index contributed by atoms with van der Waals surface area (Å²) in [5.41, 5.74) is -0.115. The molecule has 1 aliphatic heterocycles. The number of imidazole rings is 1. The van der Waals surface area contributed by atoms with Crippen LogP contribution in [0.3, 0.4) is 0 Å². The van der Waals surface area contributed by atoms with E-state index in [9.17, 15) is 10.2 Å². The summed E-state index contributed by atoms with van der Waals surface area (Å²) in [6.07, 6.45) is 5.60. The Morgan fingerprint density at radius 3 is 2.17 bits per heavy atom. The summed E-state index contributed by atoms with van der Waals surface area (Å²) >= 11 is 0. The number of fused-ring (bicyclic) bond motifs is 1. The number of aromatic nitrogens is 4. The zero-order valence-electron chi connectivity index (χ0n) is 25.6. The van der Waals surface area contributed by atoms with Crippen LogP contribution >= 0.6 is 0 Å². The van der Waals surface area contributed by atoms with Crippen molar-refractivity contribution in [2.75, 3.05) is 25.6 Å². The number of aliphatic hydroxyl groups excluding tert-OH is 1. The van der Waals surface area contributed by atoms with Crippen LogP contribution in [0.4, 0.5) is 10.3 Å². The molecule has 236 valence electrons. The van der Waals surface area contributed by atoms with Crippen molar-refractivity contribution in [3.63, 3.8) is 0 Å². The second kappa shape index (κ2) is 12.1. The van der Waals surface area contributed by atoms with Gasteiger partial charge in [0.1, 0.15) is 17.9 Å². The highest BCUT2D eigenvalue weighted by Gasteiger charge is 2.63. The average Bonchev–Trinajstić information content (AvgIpc) is 3.61. The second-order valence-corrected chi connectivity index (χ2v) is 11.1. The Labute approximate surface area is 265 Å². The largest absolute Gasteiger partial charge is 0.497 e. The third kappa shape index (κ3) is 4.91. The number of alkyl halides is 1. The zero-order valence-corrected chi connectivity index (χ0v) is 25.6. The van der Waals surface area contributed by atoms with Gasteiger partial charge in [-0.1, -0.05) is 85.6 Å². The summed E-state index contributed by atoms with van der Waals surface area (Å²) in [7, 11) is 1.61. The molecule has 0 aliphatic carbocycles. The molecule has 0 radical (unpaired) electrons. The highest BCUT2D eigenvalue weighted by Crippen LogP contribution is 2.50. The van der Waals surface area contributed by atoms with Crippen LogP contribution in [0.1, 0.15) is 36.8 Å². The van der Waals surface area contributed by atoms with Crippen LogP contribution in [-0.4, -0.2) is 61.5 Å². The highest BCUT2D eigenvalue weighted by atomic mass is 19.2. The number of nitrogens with one attached hydrogen (secondary N) is 1. The van der Waals surface area contributed by atoms with Crippen molar-refractivity contribution in [2.45, 2.75) is 37.1 Å². The van der Waals surface area contributed by atoms with E-state index in [1.165, 1.54) is 17.8 Å². The third-order valence-corrected chi connectivity index (χ3v) is 8.60. The van der Waals surface area contributed by atoms with Crippen LogP contribution in [-0.2, 0) is 10.3 Å². The Morgan fingerprint density at radius 2 is 1.63 bits per heavy atom. The molecule has 1 fully saturated rings. The molecular formula is C35H34FN5O5. The minimum Gasteiger partial charge on any atom is -0.497 e. The number of hydrogen-bond acceptors (Lipinski definition) is 9. The monoisotopic (exact) mass is 623 g/mol. The van der Waals surface area contributed by atoms with Crippen molar-refractivity contribution < 1.29 is 28.8 Å². The molecule has 0 amide bonds. The van der Waals surface area contributed by atoms with Gasteiger partial charge >= 0.3 is 0 Å². The van der Waals surface area contributed by atoms with Crippen LogP contribution in [0.15, 0.2) is 91.3 Å². The second-order valence-electron chi connectivity index (χ2n) is 11.1. The van der Waals surface area contributed by atoms with Gasteiger partial charge in [-0.3, -0.25) is 4.57 Å². The predicted molar refractivity (Wildman–Crippen MR) is 170 cm³/mol. The molecule has 3 N–H and O–H groups in total. The molecule has 11 heteroatoms. The van der Waals surface area contributed by atoms with E-state index >= 15 is 4.39 Å². The van der Waals surface area contributed by atoms with E-state index in [-0.39, 0.29) is 29.6 Å². The standard InChI is InChI=1S/C35H34FN5O5/c1-5-33(43)23(3)34(36,21-42)46-31(33)41-22-37-28-29(41)38-32(39-30(28)45-6-2)40-35(24-13-9-7-10-14-24,25-15-11-8-12-16-25)26-17-19-27(44-4)20-18-26/h1,7-20,22-23,31,42-43H,6,21H2,2-4H3,(H,38,39,40)/t23-,31?,33+,34+/m0/s1. The first-order valence-electron chi connectivity index (χ1n) is 14.8. The van der Waals surface area contributed by atoms with Crippen LogP contribution < -0.4 is 14.8 Å². The van der Waals surface area contributed by atoms with Crippen molar-refractivity contribution in [3.05, 3.63) is 108 Å². The van der Waals surface area contributed by atoms with E-state index in [0.29, 0.717) is 5.75 Å². The number of hydrogen-bond donors (Lipinski definition) is 3. The summed E-state index contributed by atoms with van der Waals surface area (Å²) in [4.78, 5) is 14.0. The molecule has 1 unspecified atom stereocenters. The van der Waals surface area contributed by atoms with Gasteiger partial charge in [0, 0.05) is 0 Å². The molecular weight excluding hydrogens is 589 g/mol. The van der Waals surface area contributed by atoms with Crippen LogP contribution in [0.5, 0.6) is 11.6 Å². The van der Waals surface area contributed by atoms with Crippen LogP contribution in [0.25, 0.3) is 11.2 Å². The maximum atomic E-state index is 15.6. The SMILES string of the molecule is C#C[C@]1(O)C(n2cnc3c(OCC)nc(NC(c4ccccc4)(c4ccccc4)c4ccc(OC)cc4)nc32)O[C@](F)(CO)[C@H]1C. The summed E-state index contributed by atoms with van der Waals surface area (Å²) in [5, 5.41) is 24.9. The lowest BCUT2D eigenvalue weighted by Crippen LogP contribution is -2.43. The molecule has 46 heavy (non-hydrogen) atoms. The molecule has 3 heterocycles. The molecule has 6 rings (SSSR count). The molecule has 2 aromatic heterocycles. The van der Waals surface area contributed by atoms with Gasteiger partial charge in [-0.25, -0.2) is 9.37 Å². The van der Waals surface area contributed by atoms with Gasteiger partial charge in [-0.2, -0.15) is 9.97 Å². The molecule has 0 saturated carbocycles. The smallest absolute Gasteiger partial charge is 0.247 e. The van der Waals surface area contributed by atoms with Crippen LogP contribution in [0, 0.1) is 18.3 Å². The van der Waals surface area contributed by atoms with E-state index in [1.807, 2.05) is 91.9 Å². The summed E-state index contributed by atoms with van der Waals surface area (Å²) < 4.78 is 34.0. The first-order chi connectivity index (χ1) is 22.2. The number of aliphatic hydroxyl groups is 2. The fourth-order valence-corrected chi connectivity index (χ4v) is 6.02. The fourth-order valence-electron chi connectivity index (χ4n) is 6.02. The Balaban J connectivity index is 1.59. The number of ether oxygens (including phenoxy) is 3. The van der Waals surface area contributed by atoms with Crippen molar-refractivity contribution >= 4 is 17.1 Å². The quantitative estimate of drug-likeness (QED) is 0.148. The Bertz CT molecular complexity index is 1820. The summed E-state index contributed by atoms with van der Waals surface area (Å²) in [6, 6.07) is 27.4. The van der Waals surface area contributed by atoms with Crippen molar-refractivity contribution in [1.82, 2.24) is 19.5 Å². The van der Waals surface area contributed by atoms with E-state index in [0.717, 1.165) is 16.7 Å². The van der Waals surface area contributed by atoms with E-state index < -0.39 is 35.7 Å². The van der Waals surface area contributed by atoms with Gasteiger partial charge in [0.25, 0.3) is 0 Å². The molecule has 0 spiro atoms. The van der Waals surface area contributed by atoms with Crippen molar-refractivity contribution in [2.24, 2.45) is 5.92 Å². The van der Waals surface area contributed by atoms with E-state index in [2.05, 4.69) is 16.2 Å². The zero-order chi connectivity index (χ0) is 32.5. The first kappa shape index (κ1) is 31.0. The molecule has 3 aromatic carbocycles. The molecule has 5 aromatic rings. The molecule has 1 aliphatic rings. The number of anilines is 1. The third-order valence-electron chi connectivity index (χ3n) is 8.60. The average molecular weight is 624 g/mol. The van der Waals surface area contributed by atoms with Crippen LogP contribution in [0.2, 0.25) is 0 Å². The van der Waals surface area contributed by atoms with Gasteiger partial charge in [0.15, 0.2) is 23.0 Å². The number of nitrogens with zero attached hydrogens (tertiary/aromatic N) is 4. The first-order valence-corrected chi connectivity index (χ1v) is 14.8. The predicted octanol–water partition coefficient (Wildman–Crippen LogP) is 4.82. The number of terminal acetylenes is 1. The van der Waals surface area contributed by atoms with Crippen molar-refractivity contribution in [3.8, 4) is 24.0 Å². The van der Waals surface area contributed by atoms with Gasteiger partial charge in [-0.05, 0) is 35.7 Å². The van der Waals surface area contributed by atoms with Gasteiger partial charge < -0.3 is 29.7 Å². The molecule has 1 saturated heterocycles. The number of halogens is 1. The van der Waals surface area contributed by atoms with Gasteiger partial charge in [0.2, 0.25) is 17.7 Å². The normalized spacial score (nSPS) is 22.8. The Morgan fingerprint density at radius 1 is 1.02 bits per heavy atom. The number of benzene rings is 3. The fraction of sp³-hybridized carbons (Fsp3) is 0.286.